The summed E-state index contributed by atoms with van der Waals surface area (Å²) in [5.74, 6) is -1.63. The summed E-state index contributed by atoms with van der Waals surface area (Å²) in [4.78, 5) is 11.7. The Kier molecular flexibility index (Phi) is 2.45. The van der Waals surface area contributed by atoms with Gasteiger partial charge in [-0.25, -0.2) is 4.79 Å². The lowest BCUT2D eigenvalue weighted by atomic mass is 9.61. The molecule has 0 unspecified atom stereocenters. The van der Waals surface area contributed by atoms with Gasteiger partial charge in [0.15, 0.2) is 0 Å². The SMILES string of the molecule is CC1=COC=C[C@@]2(C)C[C@]3(O)OC(=O)C(C)=C3C[C@@H]12. The molecule has 0 saturated heterocycles. The van der Waals surface area contributed by atoms with E-state index in [-0.39, 0.29) is 11.3 Å². The lowest BCUT2D eigenvalue weighted by molar-refractivity contribution is -0.197. The highest BCUT2D eigenvalue weighted by atomic mass is 16.7. The van der Waals surface area contributed by atoms with E-state index in [0.717, 1.165) is 11.1 Å². The highest BCUT2D eigenvalue weighted by Crippen LogP contribution is 2.55. The molecule has 0 bridgehead atoms. The summed E-state index contributed by atoms with van der Waals surface area (Å²) in [6, 6.07) is 0. The molecule has 2 aliphatic heterocycles. The van der Waals surface area contributed by atoms with Crippen LogP contribution in [0, 0.1) is 11.3 Å². The Morgan fingerprint density at radius 2 is 2.16 bits per heavy atom. The average molecular weight is 262 g/mol. The third kappa shape index (κ3) is 1.66. The number of carbonyl (C=O) groups is 1. The van der Waals surface area contributed by atoms with Gasteiger partial charge in [-0.3, -0.25) is 0 Å². The molecule has 0 aromatic rings. The van der Waals surface area contributed by atoms with Gasteiger partial charge in [0.1, 0.15) is 0 Å². The van der Waals surface area contributed by atoms with Crippen molar-refractivity contribution in [1.82, 2.24) is 0 Å². The first kappa shape index (κ1) is 12.5. The number of rotatable bonds is 0. The molecule has 4 nitrogen and oxygen atoms in total. The summed E-state index contributed by atoms with van der Waals surface area (Å²) in [6.07, 6.45) is 6.34. The number of hydrogen-bond donors (Lipinski definition) is 1. The van der Waals surface area contributed by atoms with Crippen LogP contribution >= 0.6 is 0 Å². The van der Waals surface area contributed by atoms with Crippen LogP contribution in [0.5, 0.6) is 0 Å². The van der Waals surface area contributed by atoms with E-state index < -0.39 is 11.8 Å². The van der Waals surface area contributed by atoms with E-state index in [1.165, 1.54) is 0 Å². The van der Waals surface area contributed by atoms with Gasteiger partial charge in [0.2, 0.25) is 5.79 Å². The Hall–Kier alpha value is -1.55. The van der Waals surface area contributed by atoms with E-state index in [1.807, 2.05) is 13.0 Å². The topological polar surface area (TPSA) is 55.8 Å². The second kappa shape index (κ2) is 3.73. The molecule has 0 radical (unpaired) electrons. The van der Waals surface area contributed by atoms with Crippen molar-refractivity contribution in [3.63, 3.8) is 0 Å². The molecule has 0 amide bonds. The van der Waals surface area contributed by atoms with Gasteiger partial charge < -0.3 is 14.6 Å². The van der Waals surface area contributed by atoms with Crippen LogP contribution in [0.25, 0.3) is 0 Å². The van der Waals surface area contributed by atoms with Crippen LogP contribution in [0.4, 0.5) is 0 Å². The summed E-state index contributed by atoms with van der Waals surface area (Å²) in [5, 5.41) is 10.6. The van der Waals surface area contributed by atoms with Crippen LogP contribution in [-0.4, -0.2) is 16.9 Å². The van der Waals surface area contributed by atoms with Crippen LogP contribution in [-0.2, 0) is 14.3 Å². The van der Waals surface area contributed by atoms with Crippen LogP contribution in [0.3, 0.4) is 0 Å². The maximum Gasteiger partial charge on any atom is 0.336 e. The number of hydrogen-bond acceptors (Lipinski definition) is 4. The van der Waals surface area contributed by atoms with Crippen molar-refractivity contribution in [3.05, 3.63) is 35.3 Å². The summed E-state index contributed by atoms with van der Waals surface area (Å²) in [7, 11) is 0. The quantitative estimate of drug-likeness (QED) is 0.681. The second-order valence-corrected chi connectivity index (χ2v) is 6.02. The van der Waals surface area contributed by atoms with E-state index in [2.05, 4.69) is 6.92 Å². The lowest BCUT2D eigenvalue weighted by Gasteiger charge is -2.45. The van der Waals surface area contributed by atoms with Gasteiger partial charge in [-0.05, 0) is 37.8 Å². The number of esters is 1. The Labute approximate surface area is 112 Å². The highest BCUT2D eigenvalue weighted by Gasteiger charge is 2.55. The fourth-order valence-electron chi connectivity index (χ4n) is 3.52. The Morgan fingerprint density at radius 1 is 1.42 bits per heavy atom. The molecule has 4 heteroatoms. The van der Waals surface area contributed by atoms with Crippen molar-refractivity contribution in [2.75, 3.05) is 0 Å². The van der Waals surface area contributed by atoms with Crippen molar-refractivity contribution < 1.29 is 19.4 Å². The van der Waals surface area contributed by atoms with Crippen LogP contribution < -0.4 is 0 Å². The minimum absolute atomic E-state index is 0.214. The monoisotopic (exact) mass is 262 g/mol. The van der Waals surface area contributed by atoms with E-state index >= 15 is 0 Å². The molecule has 1 N–H and O–H groups in total. The lowest BCUT2D eigenvalue weighted by Crippen LogP contribution is -2.46. The Bertz CT molecular complexity index is 542. The molecule has 3 atom stereocenters. The first-order chi connectivity index (χ1) is 8.86. The summed E-state index contributed by atoms with van der Waals surface area (Å²) in [6.45, 7) is 5.81. The first-order valence-corrected chi connectivity index (χ1v) is 6.51. The fraction of sp³-hybridized carbons (Fsp3) is 0.533. The number of carbonyl (C=O) groups excluding carboxylic acids is 1. The molecule has 102 valence electrons. The molecule has 3 aliphatic rings. The van der Waals surface area contributed by atoms with Gasteiger partial charge in [0, 0.05) is 23.0 Å². The van der Waals surface area contributed by atoms with E-state index in [0.29, 0.717) is 18.4 Å². The zero-order valence-corrected chi connectivity index (χ0v) is 11.4. The van der Waals surface area contributed by atoms with E-state index in [4.69, 9.17) is 9.47 Å². The minimum atomic E-state index is -1.44. The zero-order chi connectivity index (χ0) is 13.8. The van der Waals surface area contributed by atoms with Crippen molar-refractivity contribution >= 4 is 5.97 Å². The smallest absolute Gasteiger partial charge is 0.336 e. The molecule has 1 saturated carbocycles. The normalized spacial score (nSPS) is 40.9. The maximum atomic E-state index is 11.7. The number of aliphatic hydroxyl groups is 1. The molecule has 19 heavy (non-hydrogen) atoms. The van der Waals surface area contributed by atoms with Crippen LogP contribution in [0.2, 0.25) is 0 Å². The van der Waals surface area contributed by atoms with Gasteiger partial charge in [-0.1, -0.05) is 6.92 Å². The molecular formula is C15H18O4. The minimum Gasteiger partial charge on any atom is -0.473 e. The predicted octanol–water partition coefficient (Wildman–Crippen LogP) is 2.41. The molecule has 3 rings (SSSR count). The van der Waals surface area contributed by atoms with E-state index in [1.54, 1.807) is 19.4 Å². The van der Waals surface area contributed by atoms with Crippen LogP contribution in [0.1, 0.15) is 33.6 Å². The van der Waals surface area contributed by atoms with E-state index in [9.17, 15) is 9.90 Å². The molecule has 2 heterocycles. The van der Waals surface area contributed by atoms with Gasteiger partial charge in [-0.15, -0.1) is 0 Å². The maximum absolute atomic E-state index is 11.7. The van der Waals surface area contributed by atoms with Gasteiger partial charge >= 0.3 is 5.97 Å². The number of allylic oxidation sites excluding steroid dienone is 2. The van der Waals surface area contributed by atoms with Crippen molar-refractivity contribution in [2.45, 2.75) is 39.4 Å². The molecule has 1 fully saturated rings. The second-order valence-electron chi connectivity index (χ2n) is 6.02. The zero-order valence-electron chi connectivity index (χ0n) is 11.4. The van der Waals surface area contributed by atoms with Gasteiger partial charge in [0.25, 0.3) is 0 Å². The Morgan fingerprint density at radius 3 is 2.89 bits per heavy atom. The summed E-state index contributed by atoms with van der Waals surface area (Å²) < 4.78 is 10.5. The first-order valence-electron chi connectivity index (χ1n) is 6.51. The third-order valence-corrected chi connectivity index (χ3v) is 4.65. The summed E-state index contributed by atoms with van der Waals surface area (Å²) in [5.41, 5.74) is 2.11. The Balaban J connectivity index is 2.09. The van der Waals surface area contributed by atoms with Crippen molar-refractivity contribution in [3.8, 4) is 0 Å². The largest absolute Gasteiger partial charge is 0.473 e. The number of ether oxygens (including phenoxy) is 2. The fourth-order valence-corrected chi connectivity index (χ4v) is 3.52. The standard InChI is InChI=1S/C15H18O4/c1-9-7-18-5-4-14(3)8-15(17)12(6-11(9)14)10(2)13(16)19-15/h4-5,7,11,17H,6,8H2,1-3H3/t11-,14-,15-/m0/s1. The number of fused-ring (bicyclic) bond motifs is 2. The average Bonchev–Trinajstić information content (AvgIpc) is 2.44. The molecular weight excluding hydrogens is 244 g/mol. The highest BCUT2D eigenvalue weighted by molar-refractivity contribution is 5.92. The molecule has 0 spiro atoms. The molecule has 1 aliphatic carbocycles. The van der Waals surface area contributed by atoms with Gasteiger partial charge in [0.05, 0.1) is 12.5 Å². The van der Waals surface area contributed by atoms with Crippen molar-refractivity contribution in [1.29, 1.82) is 0 Å². The van der Waals surface area contributed by atoms with Crippen molar-refractivity contribution in [2.24, 2.45) is 11.3 Å². The molecule has 0 aromatic carbocycles. The molecule has 0 aromatic heterocycles. The summed E-state index contributed by atoms with van der Waals surface area (Å²) >= 11 is 0. The van der Waals surface area contributed by atoms with Gasteiger partial charge in [-0.2, -0.15) is 0 Å². The predicted molar refractivity (Wildman–Crippen MR) is 68.6 cm³/mol. The third-order valence-electron chi connectivity index (χ3n) is 4.65. The van der Waals surface area contributed by atoms with Crippen LogP contribution in [0.15, 0.2) is 35.3 Å².